The van der Waals surface area contributed by atoms with Gasteiger partial charge >= 0.3 is 0 Å². The number of anilines is 1. The lowest BCUT2D eigenvalue weighted by Crippen LogP contribution is -2.40. The van der Waals surface area contributed by atoms with E-state index in [-0.39, 0.29) is 19.0 Å². The number of aryl methyl sites for hydroxylation is 2. The van der Waals surface area contributed by atoms with Crippen LogP contribution in [0.15, 0.2) is 69.3 Å². The Morgan fingerprint density at radius 2 is 2.03 bits per heavy atom. The fourth-order valence-electron chi connectivity index (χ4n) is 3.50. The van der Waals surface area contributed by atoms with Crippen LogP contribution in [0.5, 0.6) is 0 Å². The number of benzene rings is 2. The second kappa shape index (κ2) is 9.27. The van der Waals surface area contributed by atoms with E-state index in [0.29, 0.717) is 11.4 Å². The van der Waals surface area contributed by atoms with Crippen LogP contribution in [0.4, 0.5) is 5.69 Å². The molecule has 162 valence electrons. The Hall–Kier alpha value is -3.59. The van der Waals surface area contributed by atoms with Crippen molar-refractivity contribution in [1.82, 2.24) is 15.2 Å². The van der Waals surface area contributed by atoms with Gasteiger partial charge < -0.3 is 4.90 Å². The van der Waals surface area contributed by atoms with Gasteiger partial charge in [0.1, 0.15) is 13.1 Å². The molecular formula is C23H21BrN6O2. The van der Waals surface area contributed by atoms with Gasteiger partial charge in [0.05, 0.1) is 23.3 Å². The maximum atomic E-state index is 12.9. The van der Waals surface area contributed by atoms with Crippen molar-refractivity contribution < 1.29 is 9.59 Å². The lowest BCUT2D eigenvalue weighted by molar-refractivity contribution is -0.123. The zero-order chi connectivity index (χ0) is 22.7. The van der Waals surface area contributed by atoms with Crippen LogP contribution in [0, 0.1) is 6.92 Å². The number of aromatic nitrogens is 2. The molecule has 2 aromatic carbocycles. The molecule has 3 aromatic rings. The molecule has 0 radical (unpaired) electrons. The van der Waals surface area contributed by atoms with Gasteiger partial charge in [-0.05, 0) is 25.1 Å². The van der Waals surface area contributed by atoms with Crippen molar-refractivity contribution in [3.05, 3.63) is 81.6 Å². The standard InChI is InChI=1S/C23H21BrN6O2/c1-15-17(13-29(2)28-15)11-26-27-21(31)14-30-20-9-8-18(24)10-19(20)23(25-12-22(30)32)16-6-4-3-5-7-16/h3-11,13H,12,14H2,1-2H3,(H,27,31)/b26-11+. The number of rotatable bonds is 5. The molecule has 8 nitrogen and oxygen atoms in total. The SMILES string of the molecule is Cc1nn(C)cc1/C=N/NC(=O)CN1C(=O)CN=C(c2ccccc2)c2cc(Br)ccc21. The van der Waals surface area contributed by atoms with Gasteiger partial charge in [-0.15, -0.1) is 0 Å². The summed E-state index contributed by atoms with van der Waals surface area (Å²) in [6, 6.07) is 15.2. The average molecular weight is 493 g/mol. The highest BCUT2D eigenvalue weighted by atomic mass is 79.9. The van der Waals surface area contributed by atoms with Gasteiger partial charge in [0.2, 0.25) is 5.91 Å². The summed E-state index contributed by atoms with van der Waals surface area (Å²) in [7, 11) is 1.81. The second-order valence-electron chi connectivity index (χ2n) is 7.31. The number of hydrogen-bond acceptors (Lipinski definition) is 5. The Morgan fingerprint density at radius 3 is 2.75 bits per heavy atom. The molecule has 1 aliphatic rings. The lowest BCUT2D eigenvalue weighted by atomic mass is 10.0. The Balaban J connectivity index is 1.58. The maximum Gasteiger partial charge on any atom is 0.260 e. The third-order valence-corrected chi connectivity index (χ3v) is 5.46. The van der Waals surface area contributed by atoms with Gasteiger partial charge in [0.15, 0.2) is 0 Å². The van der Waals surface area contributed by atoms with Crippen LogP contribution < -0.4 is 10.3 Å². The number of carbonyl (C=O) groups is 2. The summed E-state index contributed by atoms with van der Waals surface area (Å²) in [5.74, 6) is -0.671. The average Bonchev–Trinajstić information content (AvgIpc) is 3.03. The normalized spacial score (nSPS) is 13.7. The lowest BCUT2D eigenvalue weighted by Gasteiger charge is -2.22. The third kappa shape index (κ3) is 4.67. The van der Waals surface area contributed by atoms with Crippen LogP contribution in [0.25, 0.3) is 0 Å². The molecule has 0 saturated heterocycles. The largest absolute Gasteiger partial charge is 0.301 e. The zero-order valence-electron chi connectivity index (χ0n) is 17.6. The summed E-state index contributed by atoms with van der Waals surface area (Å²) in [6.45, 7) is 1.63. The van der Waals surface area contributed by atoms with E-state index in [9.17, 15) is 9.59 Å². The molecule has 1 N–H and O–H groups in total. The van der Waals surface area contributed by atoms with Crippen molar-refractivity contribution in [3.8, 4) is 0 Å². The van der Waals surface area contributed by atoms with E-state index in [1.165, 1.54) is 11.1 Å². The van der Waals surface area contributed by atoms with E-state index in [1.54, 1.807) is 10.9 Å². The highest BCUT2D eigenvalue weighted by Crippen LogP contribution is 2.29. The van der Waals surface area contributed by atoms with Crippen molar-refractivity contribution in [2.75, 3.05) is 18.0 Å². The van der Waals surface area contributed by atoms with Gasteiger partial charge in [-0.1, -0.05) is 46.3 Å². The van der Waals surface area contributed by atoms with Gasteiger partial charge in [-0.3, -0.25) is 19.3 Å². The van der Waals surface area contributed by atoms with E-state index in [4.69, 9.17) is 0 Å². The first-order chi connectivity index (χ1) is 15.4. The van der Waals surface area contributed by atoms with Crippen molar-refractivity contribution in [3.63, 3.8) is 0 Å². The Morgan fingerprint density at radius 1 is 1.25 bits per heavy atom. The van der Waals surface area contributed by atoms with E-state index < -0.39 is 5.91 Å². The fraction of sp³-hybridized carbons (Fsp3) is 0.174. The van der Waals surface area contributed by atoms with Crippen LogP contribution in [-0.2, 0) is 16.6 Å². The highest BCUT2D eigenvalue weighted by molar-refractivity contribution is 9.10. The Kier molecular flexibility index (Phi) is 6.27. The fourth-order valence-corrected chi connectivity index (χ4v) is 3.86. The van der Waals surface area contributed by atoms with Crippen LogP contribution >= 0.6 is 15.9 Å². The highest BCUT2D eigenvalue weighted by Gasteiger charge is 2.27. The molecule has 0 saturated carbocycles. The predicted molar refractivity (Wildman–Crippen MR) is 127 cm³/mol. The van der Waals surface area contributed by atoms with Gasteiger partial charge in [0.25, 0.3) is 5.91 Å². The minimum absolute atomic E-state index is 0.0536. The molecule has 0 fully saturated rings. The van der Waals surface area contributed by atoms with Gasteiger partial charge in [-0.2, -0.15) is 10.2 Å². The first kappa shape index (κ1) is 21.6. The van der Waals surface area contributed by atoms with E-state index >= 15 is 0 Å². The number of fused-ring (bicyclic) bond motifs is 1. The quantitative estimate of drug-likeness (QED) is 0.438. The Bertz CT molecular complexity index is 1230. The summed E-state index contributed by atoms with van der Waals surface area (Å²) in [6.07, 6.45) is 3.34. The van der Waals surface area contributed by atoms with Crippen LogP contribution in [-0.4, -0.2) is 46.6 Å². The van der Waals surface area contributed by atoms with Crippen LogP contribution in [0.2, 0.25) is 0 Å². The van der Waals surface area contributed by atoms with Crippen LogP contribution in [0.3, 0.4) is 0 Å². The summed E-state index contributed by atoms with van der Waals surface area (Å²) < 4.78 is 2.53. The third-order valence-electron chi connectivity index (χ3n) is 4.97. The number of hydrogen-bond donors (Lipinski definition) is 1. The number of nitrogens with zero attached hydrogens (tertiary/aromatic N) is 5. The summed E-state index contributed by atoms with van der Waals surface area (Å²) in [4.78, 5) is 31.5. The molecule has 9 heteroatoms. The zero-order valence-corrected chi connectivity index (χ0v) is 19.2. The molecule has 4 rings (SSSR count). The summed E-state index contributed by atoms with van der Waals surface area (Å²) >= 11 is 3.50. The first-order valence-corrected chi connectivity index (χ1v) is 10.7. The van der Waals surface area contributed by atoms with Crippen molar-refractivity contribution in [2.45, 2.75) is 6.92 Å². The van der Waals surface area contributed by atoms with E-state index in [0.717, 1.165) is 26.9 Å². The van der Waals surface area contributed by atoms with Crippen LogP contribution in [0.1, 0.15) is 22.4 Å². The molecule has 0 unspecified atom stereocenters. The number of hydrazone groups is 1. The molecule has 2 heterocycles. The minimum atomic E-state index is -0.409. The van der Waals surface area contributed by atoms with E-state index in [1.807, 2.05) is 62.5 Å². The number of halogens is 1. The molecule has 1 aliphatic heterocycles. The first-order valence-electron chi connectivity index (χ1n) is 9.94. The molecule has 0 atom stereocenters. The van der Waals surface area contributed by atoms with Gasteiger partial charge in [-0.25, -0.2) is 5.43 Å². The molecule has 0 aliphatic carbocycles. The van der Waals surface area contributed by atoms with Crippen molar-refractivity contribution >= 4 is 45.4 Å². The number of aliphatic imine (C=N–C) groups is 1. The second-order valence-corrected chi connectivity index (χ2v) is 8.22. The molecule has 2 amide bonds. The number of benzodiazepines with no additional fused rings is 1. The van der Waals surface area contributed by atoms with Crippen molar-refractivity contribution in [1.29, 1.82) is 0 Å². The number of amides is 2. The molecule has 32 heavy (non-hydrogen) atoms. The van der Waals surface area contributed by atoms with Crippen molar-refractivity contribution in [2.24, 2.45) is 17.1 Å². The minimum Gasteiger partial charge on any atom is -0.301 e. The molecule has 0 bridgehead atoms. The number of carbonyl (C=O) groups excluding carboxylic acids is 2. The smallest absolute Gasteiger partial charge is 0.260 e. The summed E-state index contributed by atoms with van der Waals surface area (Å²) in [5, 5.41) is 8.24. The number of nitrogens with one attached hydrogen (secondary N) is 1. The van der Waals surface area contributed by atoms with E-state index in [2.05, 4.69) is 36.5 Å². The molecule has 0 spiro atoms. The predicted octanol–water partition coefficient (Wildman–Crippen LogP) is 2.83. The Labute approximate surface area is 193 Å². The summed E-state index contributed by atoms with van der Waals surface area (Å²) in [5.41, 5.74) is 7.12. The molecule has 1 aromatic heterocycles. The van der Waals surface area contributed by atoms with Gasteiger partial charge in [0, 0.05) is 34.4 Å². The maximum absolute atomic E-state index is 12.9. The topological polar surface area (TPSA) is 92.0 Å². The molecular weight excluding hydrogens is 472 g/mol. The monoisotopic (exact) mass is 492 g/mol.